The zero-order valence-electron chi connectivity index (χ0n) is 18.3. The lowest BCUT2D eigenvalue weighted by atomic mass is 10.0. The first-order valence-electron chi connectivity index (χ1n) is 10.6. The van der Waals surface area contributed by atoms with Crippen molar-refractivity contribution in [2.24, 2.45) is 0 Å². The number of fused-ring (bicyclic) bond motifs is 1. The summed E-state index contributed by atoms with van der Waals surface area (Å²) in [5.41, 5.74) is 3.50. The standard InChI is InChI=1S/C25H21F2N5O2/c1-16(21-4-2-3-8-29-21)10-17-5-6-22-20(11-17)19(7-9-30-22)24(34)31-14-23(33)32-15-25(26,27)12-18(32)13-28/h2-11,18H,12,14-15H2,1H3,(H,31,34). The SMILES string of the molecule is CC(=Cc1ccc2nccc(C(=O)NCC(=O)N3CC(F)(F)CC3C#N)c2c1)c1ccccn1. The van der Waals surface area contributed by atoms with Crippen LogP contribution < -0.4 is 5.32 Å². The van der Waals surface area contributed by atoms with E-state index in [0.717, 1.165) is 21.7 Å². The highest BCUT2D eigenvalue weighted by atomic mass is 19.3. The number of carbonyl (C=O) groups is 2. The van der Waals surface area contributed by atoms with Crippen molar-refractivity contribution in [2.45, 2.75) is 25.3 Å². The molecule has 2 amide bonds. The minimum Gasteiger partial charge on any atom is -0.343 e. The molecule has 9 heteroatoms. The van der Waals surface area contributed by atoms with Crippen molar-refractivity contribution in [1.29, 1.82) is 5.26 Å². The van der Waals surface area contributed by atoms with E-state index in [1.165, 1.54) is 12.3 Å². The van der Waals surface area contributed by atoms with E-state index in [0.29, 0.717) is 16.5 Å². The smallest absolute Gasteiger partial charge is 0.268 e. The van der Waals surface area contributed by atoms with Crippen LogP contribution in [-0.4, -0.2) is 51.7 Å². The number of hydrogen-bond acceptors (Lipinski definition) is 5. The number of hydrogen-bond donors (Lipinski definition) is 1. The first-order valence-corrected chi connectivity index (χ1v) is 10.6. The fourth-order valence-corrected chi connectivity index (χ4v) is 3.92. The van der Waals surface area contributed by atoms with Crippen molar-refractivity contribution in [1.82, 2.24) is 20.2 Å². The van der Waals surface area contributed by atoms with Gasteiger partial charge in [-0.2, -0.15) is 5.26 Å². The Morgan fingerprint density at radius 2 is 2.06 bits per heavy atom. The fraction of sp³-hybridized carbons (Fsp3) is 0.240. The molecule has 2 aromatic heterocycles. The van der Waals surface area contributed by atoms with E-state index in [1.807, 2.05) is 43.3 Å². The third-order valence-corrected chi connectivity index (χ3v) is 5.60. The van der Waals surface area contributed by atoms with E-state index in [-0.39, 0.29) is 0 Å². The summed E-state index contributed by atoms with van der Waals surface area (Å²) in [7, 11) is 0. The summed E-state index contributed by atoms with van der Waals surface area (Å²) < 4.78 is 27.2. The maximum Gasteiger partial charge on any atom is 0.268 e. The van der Waals surface area contributed by atoms with Gasteiger partial charge in [-0.15, -0.1) is 0 Å². The molecular weight excluding hydrogens is 440 g/mol. The highest BCUT2D eigenvalue weighted by Gasteiger charge is 2.47. The number of aromatic nitrogens is 2. The van der Waals surface area contributed by atoms with Crippen LogP contribution in [0.25, 0.3) is 22.6 Å². The first kappa shape index (κ1) is 23.0. The zero-order valence-corrected chi connectivity index (χ0v) is 18.3. The largest absolute Gasteiger partial charge is 0.343 e. The van der Waals surface area contributed by atoms with Gasteiger partial charge in [0.15, 0.2) is 0 Å². The average Bonchev–Trinajstić information content (AvgIpc) is 3.17. The van der Waals surface area contributed by atoms with Crippen molar-refractivity contribution in [3.63, 3.8) is 0 Å². The van der Waals surface area contributed by atoms with Crippen LogP contribution in [0, 0.1) is 11.3 Å². The predicted octanol–water partition coefficient (Wildman–Crippen LogP) is 3.68. The summed E-state index contributed by atoms with van der Waals surface area (Å²) in [5.74, 6) is -4.38. The molecule has 3 aromatic rings. The van der Waals surface area contributed by atoms with Gasteiger partial charge in [0, 0.05) is 24.2 Å². The minimum absolute atomic E-state index is 0.298. The second-order valence-corrected chi connectivity index (χ2v) is 8.09. The lowest BCUT2D eigenvalue weighted by Crippen LogP contribution is -2.43. The highest BCUT2D eigenvalue weighted by molar-refractivity contribution is 6.07. The molecule has 172 valence electrons. The van der Waals surface area contributed by atoms with Crippen LogP contribution in [0.3, 0.4) is 0 Å². The Hall–Kier alpha value is -4.19. The molecule has 4 rings (SSSR count). The van der Waals surface area contributed by atoms with Gasteiger partial charge in [-0.1, -0.05) is 12.1 Å². The number of nitrogens with one attached hydrogen (secondary N) is 1. The number of carbonyl (C=O) groups excluding carboxylic acids is 2. The summed E-state index contributed by atoms with van der Waals surface area (Å²) in [6.07, 6.45) is 4.44. The van der Waals surface area contributed by atoms with Crippen LogP contribution in [0.2, 0.25) is 0 Å². The molecular formula is C25H21F2N5O2. The molecule has 1 aliphatic heterocycles. The van der Waals surface area contributed by atoms with Gasteiger partial charge in [-0.25, -0.2) is 8.78 Å². The normalized spacial score (nSPS) is 17.4. The Morgan fingerprint density at radius 3 is 2.79 bits per heavy atom. The van der Waals surface area contributed by atoms with Crippen molar-refractivity contribution in [2.75, 3.05) is 13.1 Å². The van der Waals surface area contributed by atoms with Gasteiger partial charge in [0.2, 0.25) is 5.91 Å². The van der Waals surface area contributed by atoms with Gasteiger partial charge < -0.3 is 10.2 Å². The number of nitriles is 1. The number of benzene rings is 1. The third kappa shape index (κ3) is 4.91. The van der Waals surface area contributed by atoms with Crippen LogP contribution in [-0.2, 0) is 4.79 Å². The number of alkyl halides is 2. The molecule has 7 nitrogen and oxygen atoms in total. The van der Waals surface area contributed by atoms with E-state index in [1.54, 1.807) is 18.3 Å². The fourth-order valence-electron chi connectivity index (χ4n) is 3.92. The topological polar surface area (TPSA) is 99.0 Å². The molecule has 1 fully saturated rings. The van der Waals surface area contributed by atoms with Gasteiger partial charge in [-0.05, 0) is 54.5 Å². The third-order valence-electron chi connectivity index (χ3n) is 5.60. The molecule has 1 aromatic carbocycles. The Morgan fingerprint density at radius 1 is 1.24 bits per heavy atom. The molecule has 1 N–H and O–H groups in total. The molecule has 0 bridgehead atoms. The Balaban J connectivity index is 1.53. The van der Waals surface area contributed by atoms with E-state index in [2.05, 4.69) is 15.3 Å². The highest BCUT2D eigenvalue weighted by Crippen LogP contribution is 2.31. The number of likely N-dealkylation sites (tertiary alicyclic amines) is 1. The quantitative estimate of drug-likeness (QED) is 0.625. The number of allylic oxidation sites excluding steroid dienone is 1. The Bertz CT molecular complexity index is 1320. The van der Waals surface area contributed by atoms with Gasteiger partial charge in [-0.3, -0.25) is 19.6 Å². The molecule has 1 atom stereocenters. The lowest BCUT2D eigenvalue weighted by Gasteiger charge is -2.19. The van der Waals surface area contributed by atoms with Gasteiger partial charge in [0.25, 0.3) is 11.8 Å². The van der Waals surface area contributed by atoms with Crippen LogP contribution in [0.4, 0.5) is 8.78 Å². The molecule has 1 saturated heterocycles. The second kappa shape index (κ2) is 9.35. The van der Waals surface area contributed by atoms with Crippen LogP contribution in [0.5, 0.6) is 0 Å². The first-order chi connectivity index (χ1) is 16.3. The lowest BCUT2D eigenvalue weighted by molar-refractivity contribution is -0.131. The van der Waals surface area contributed by atoms with E-state index >= 15 is 0 Å². The number of nitrogens with zero attached hydrogens (tertiary/aromatic N) is 4. The maximum atomic E-state index is 13.6. The van der Waals surface area contributed by atoms with Crippen molar-refractivity contribution in [3.8, 4) is 6.07 Å². The van der Waals surface area contributed by atoms with Gasteiger partial charge in [0.1, 0.15) is 6.04 Å². The van der Waals surface area contributed by atoms with E-state index in [4.69, 9.17) is 5.26 Å². The Labute approximate surface area is 194 Å². The van der Waals surface area contributed by atoms with Crippen molar-refractivity contribution >= 4 is 34.4 Å². The van der Waals surface area contributed by atoms with Crippen LogP contribution in [0.1, 0.15) is 35.0 Å². The maximum absolute atomic E-state index is 13.6. The molecule has 34 heavy (non-hydrogen) atoms. The van der Waals surface area contributed by atoms with Crippen molar-refractivity contribution < 1.29 is 18.4 Å². The van der Waals surface area contributed by atoms with Gasteiger partial charge in [0.05, 0.1) is 35.9 Å². The molecule has 0 saturated carbocycles. The molecule has 1 unspecified atom stereocenters. The average molecular weight is 461 g/mol. The summed E-state index contributed by atoms with van der Waals surface area (Å²) in [4.78, 5) is 34.7. The van der Waals surface area contributed by atoms with Gasteiger partial charge >= 0.3 is 0 Å². The number of pyridine rings is 2. The summed E-state index contributed by atoms with van der Waals surface area (Å²) in [5, 5.41) is 12.1. The molecule has 3 heterocycles. The monoisotopic (exact) mass is 461 g/mol. The number of rotatable bonds is 5. The number of halogens is 2. The van der Waals surface area contributed by atoms with Crippen LogP contribution >= 0.6 is 0 Å². The molecule has 1 aliphatic rings. The van der Waals surface area contributed by atoms with E-state index < -0.39 is 43.3 Å². The summed E-state index contributed by atoms with van der Waals surface area (Å²) in [6, 6.07) is 13.2. The zero-order chi connectivity index (χ0) is 24.3. The second-order valence-electron chi connectivity index (χ2n) is 8.09. The van der Waals surface area contributed by atoms with Crippen molar-refractivity contribution in [3.05, 3.63) is 71.7 Å². The summed E-state index contributed by atoms with van der Waals surface area (Å²) >= 11 is 0. The molecule has 0 radical (unpaired) electrons. The minimum atomic E-state index is -3.11. The predicted molar refractivity (Wildman–Crippen MR) is 123 cm³/mol. The molecule has 0 spiro atoms. The molecule has 0 aliphatic carbocycles. The van der Waals surface area contributed by atoms with E-state index in [9.17, 15) is 18.4 Å². The Kier molecular flexibility index (Phi) is 6.32. The summed E-state index contributed by atoms with van der Waals surface area (Å²) in [6.45, 7) is 0.615. The number of amides is 2. The van der Waals surface area contributed by atoms with Crippen LogP contribution in [0.15, 0.2) is 54.9 Å².